The van der Waals surface area contributed by atoms with Gasteiger partial charge in [0.2, 0.25) is 0 Å². The SMILES string of the molecule is O=C1CO[C@H]2CCN(C(=O)N3CC(c4ccc(Oc5ccccc5F)cc4)C3)C[C@H]2C1. The molecule has 0 unspecified atom stereocenters. The molecular weight excluding hydrogens is 399 g/mol. The van der Waals surface area contributed by atoms with Crippen molar-refractivity contribution in [2.45, 2.75) is 24.9 Å². The second-order valence-electron chi connectivity index (χ2n) is 8.57. The molecule has 2 atom stereocenters. The van der Waals surface area contributed by atoms with Gasteiger partial charge in [-0.2, -0.15) is 0 Å². The summed E-state index contributed by atoms with van der Waals surface area (Å²) in [6.07, 6.45) is 1.42. The molecule has 0 radical (unpaired) electrons. The van der Waals surface area contributed by atoms with Gasteiger partial charge in [0.25, 0.3) is 0 Å². The Bertz CT molecular complexity index is 974. The van der Waals surface area contributed by atoms with Gasteiger partial charge >= 0.3 is 6.03 Å². The average Bonchev–Trinajstić information content (AvgIpc) is 2.75. The number of halogens is 1. The van der Waals surface area contributed by atoms with Crippen LogP contribution in [0.2, 0.25) is 0 Å². The standard InChI is InChI=1S/C24H25FN2O4/c25-21-3-1-2-4-23(21)31-20-7-5-16(6-8-20)18-13-27(14-18)24(29)26-10-9-22-17(12-26)11-19(28)15-30-22/h1-8,17-18,22H,9-15H2/t17-,22+/m1/s1. The number of hydrogen-bond acceptors (Lipinski definition) is 4. The summed E-state index contributed by atoms with van der Waals surface area (Å²) in [5, 5.41) is 0. The lowest BCUT2D eigenvalue weighted by molar-refractivity contribution is -0.140. The number of Topliss-reactive ketones (excluding diaryl/α,β-unsaturated/α-hetero) is 1. The zero-order valence-corrected chi connectivity index (χ0v) is 17.2. The smallest absolute Gasteiger partial charge is 0.320 e. The van der Waals surface area contributed by atoms with Crippen molar-refractivity contribution in [3.05, 3.63) is 59.9 Å². The molecule has 3 saturated heterocycles. The van der Waals surface area contributed by atoms with Crippen LogP contribution in [0.5, 0.6) is 11.5 Å². The number of hydrogen-bond donors (Lipinski definition) is 0. The predicted molar refractivity (Wildman–Crippen MR) is 112 cm³/mol. The molecule has 0 saturated carbocycles. The fourth-order valence-electron chi connectivity index (χ4n) is 4.66. The quantitative estimate of drug-likeness (QED) is 0.752. The van der Waals surface area contributed by atoms with Crippen LogP contribution in [-0.2, 0) is 9.53 Å². The Morgan fingerprint density at radius 2 is 1.81 bits per heavy atom. The number of ether oxygens (including phenoxy) is 2. The number of ketones is 1. The maximum atomic E-state index is 13.7. The number of fused-ring (bicyclic) bond motifs is 1. The largest absolute Gasteiger partial charge is 0.454 e. The van der Waals surface area contributed by atoms with Crippen molar-refractivity contribution < 1.29 is 23.5 Å². The van der Waals surface area contributed by atoms with E-state index in [4.69, 9.17) is 9.47 Å². The lowest BCUT2D eigenvalue weighted by atomic mass is 9.87. The minimum absolute atomic E-state index is 0.0484. The van der Waals surface area contributed by atoms with E-state index in [-0.39, 0.29) is 42.1 Å². The summed E-state index contributed by atoms with van der Waals surface area (Å²) >= 11 is 0. The van der Waals surface area contributed by atoms with Gasteiger partial charge in [0.05, 0.1) is 6.10 Å². The van der Waals surface area contributed by atoms with Crippen molar-refractivity contribution in [3.63, 3.8) is 0 Å². The van der Waals surface area contributed by atoms with Gasteiger partial charge in [-0.05, 0) is 36.2 Å². The second kappa shape index (κ2) is 8.30. The number of piperidine rings is 1. The molecule has 0 aliphatic carbocycles. The van der Waals surface area contributed by atoms with Crippen molar-refractivity contribution in [3.8, 4) is 11.5 Å². The van der Waals surface area contributed by atoms with E-state index in [2.05, 4.69) is 0 Å². The van der Waals surface area contributed by atoms with Gasteiger partial charge in [0, 0.05) is 44.4 Å². The first-order valence-corrected chi connectivity index (χ1v) is 10.8. The van der Waals surface area contributed by atoms with E-state index in [0.29, 0.717) is 38.3 Å². The summed E-state index contributed by atoms with van der Waals surface area (Å²) in [5.41, 5.74) is 1.13. The monoisotopic (exact) mass is 424 g/mol. The van der Waals surface area contributed by atoms with Crippen LogP contribution in [0.25, 0.3) is 0 Å². The van der Waals surface area contributed by atoms with E-state index < -0.39 is 5.82 Å². The van der Waals surface area contributed by atoms with Gasteiger partial charge < -0.3 is 19.3 Å². The van der Waals surface area contributed by atoms with E-state index in [1.165, 1.54) is 6.07 Å². The molecule has 3 fully saturated rings. The number of nitrogens with zero attached hydrogens (tertiary/aromatic N) is 2. The number of rotatable bonds is 3. The van der Waals surface area contributed by atoms with Crippen LogP contribution >= 0.6 is 0 Å². The van der Waals surface area contributed by atoms with Crippen LogP contribution in [0, 0.1) is 11.7 Å². The fourth-order valence-corrected chi connectivity index (χ4v) is 4.66. The Morgan fingerprint density at radius 1 is 1.03 bits per heavy atom. The topological polar surface area (TPSA) is 59.1 Å². The maximum absolute atomic E-state index is 13.7. The van der Waals surface area contributed by atoms with Crippen molar-refractivity contribution in [1.82, 2.24) is 9.80 Å². The van der Waals surface area contributed by atoms with E-state index in [9.17, 15) is 14.0 Å². The molecule has 5 rings (SSSR count). The molecular formula is C24H25FN2O4. The highest BCUT2D eigenvalue weighted by atomic mass is 19.1. The molecule has 6 nitrogen and oxygen atoms in total. The highest BCUT2D eigenvalue weighted by Crippen LogP contribution is 2.33. The van der Waals surface area contributed by atoms with Crippen LogP contribution in [0.4, 0.5) is 9.18 Å². The molecule has 0 aromatic heterocycles. The Hall–Kier alpha value is -2.93. The minimum Gasteiger partial charge on any atom is -0.454 e. The van der Waals surface area contributed by atoms with Gasteiger partial charge in [-0.25, -0.2) is 9.18 Å². The van der Waals surface area contributed by atoms with Gasteiger partial charge in [-0.1, -0.05) is 24.3 Å². The van der Waals surface area contributed by atoms with Crippen molar-refractivity contribution in [2.24, 2.45) is 5.92 Å². The number of likely N-dealkylation sites (tertiary alicyclic amines) is 2. The zero-order chi connectivity index (χ0) is 21.4. The molecule has 0 spiro atoms. The Kier molecular flexibility index (Phi) is 5.36. The minimum atomic E-state index is -0.395. The Labute approximate surface area is 180 Å². The van der Waals surface area contributed by atoms with Crippen molar-refractivity contribution >= 4 is 11.8 Å². The Morgan fingerprint density at radius 3 is 2.58 bits per heavy atom. The highest BCUT2D eigenvalue weighted by molar-refractivity contribution is 5.81. The van der Waals surface area contributed by atoms with Gasteiger partial charge in [0.15, 0.2) is 17.3 Å². The third-order valence-corrected chi connectivity index (χ3v) is 6.45. The zero-order valence-electron chi connectivity index (χ0n) is 17.2. The predicted octanol–water partition coefficient (Wildman–Crippen LogP) is 3.82. The number of carbonyl (C=O) groups is 2. The third kappa shape index (κ3) is 4.14. The number of amides is 2. The normalized spacial score (nSPS) is 23.8. The maximum Gasteiger partial charge on any atom is 0.320 e. The summed E-state index contributed by atoms with van der Waals surface area (Å²) in [4.78, 5) is 28.3. The van der Waals surface area contributed by atoms with Crippen LogP contribution in [0.15, 0.2) is 48.5 Å². The molecule has 0 bridgehead atoms. The molecule has 3 aliphatic heterocycles. The summed E-state index contributed by atoms with van der Waals surface area (Å²) in [5.74, 6) is 0.911. The molecule has 7 heteroatoms. The average molecular weight is 424 g/mol. The molecule has 2 aromatic rings. The van der Waals surface area contributed by atoms with Crippen LogP contribution < -0.4 is 4.74 Å². The van der Waals surface area contributed by atoms with Crippen molar-refractivity contribution in [1.29, 1.82) is 0 Å². The Balaban J connectivity index is 1.14. The van der Waals surface area contributed by atoms with E-state index in [0.717, 1.165) is 12.0 Å². The summed E-state index contributed by atoms with van der Waals surface area (Å²) in [6, 6.07) is 14.0. The van der Waals surface area contributed by atoms with Gasteiger partial charge in [-0.3, -0.25) is 4.79 Å². The van der Waals surface area contributed by atoms with Crippen LogP contribution in [-0.4, -0.2) is 60.5 Å². The first-order valence-electron chi connectivity index (χ1n) is 10.8. The van der Waals surface area contributed by atoms with Crippen molar-refractivity contribution in [2.75, 3.05) is 32.8 Å². The molecule has 3 aliphatic rings. The highest BCUT2D eigenvalue weighted by Gasteiger charge is 2.40. The van der Waals surface area contributed by atoms with Gasteiger partial charge in [0.1, 0.15) is 12.4 Å². The summed E-state index contributed by atoms with van der Waals surface area (Å²) in [6.45, 7) is 2.84. The first kappa shape index (κ1) is 20.0. The first-order chi connectivity index (χ1) is 15.1. The van der Waals surface area contributed by atoms with E-state index >= 15 is 0 Å². The van der Waals surface area contributed by atoms with Crippen LogP contribution in [0.3, 0.4) is 0 Å². The lowest BCUT2D eigenvalue weighted by Gasteiger charge is -2.46. The summed E-state index contributed by atoms with van der Waals surface area (Å²) < 4.78 is 25.0. The fraction of sp³-hybridized carbons (Fsp3) is 0.417. The van der Waals surface area contributed by atoms with Crippen LogP contribution in [0.1, 0.15) is 24.3 Å². The number of benzene rings is 2. The van der Waals surface area contributed by atoms with E-state index in [1.54, 1.807) is 18.2 Å². The second-order valence-corrected chi connectivity index (χ2v) is 8.57. The van der Waals surface area contributed by atoms with Gasteiger partial charge in [-0.15, -0.1) is 0 Å². The molecule has 2 aromatic carbocycles. The lowest BCUT2D eigenvalue weighted by Crippen LogP contribution is -2.58. The number of carbonyl (C=O) groups excluding carboxylic acids is 2. The van der Waals surface area contributed by atoms with E-state index in [1.807, 2.05) is 34.1 Å². The molecule has 162 valence electrons. The molecule has 2 amide bonds. The third-order valence-electron chi connectivity index (χ3n) is 6.45. The number of urea groups is 1. The molecule has 0 N–H and O–H groups in total. The molecule has 31 heavy (non-hydrogen) atoms. The summed E-state index contributed by atoms with van der Waals surface area (Å²) in [7, 11) is 0. The number of para-hydroxylation sites is 1. The molecule has 3 heterocycles.